The zero-order valence-corrected chi connectivity index (χ0v) is 25.9. The Hall–Kier alpha value is -4.48. The minimum Gasteiger partial charge on any atom is -0.378 e. The van der Waals surface area contributed by atoms with Gasteiger partial charge in [0.05, 0.1) is 18.9 Å². The van der Waals surface area contributed by atoms with Crippen molar-refractivity contribution >= 4 is 35.0 Å². The molecule has 0 bridgehead atoms. The lowest BCUT2D eigenvalue weighted by molar-refractivity contribution is 0.0664. The fourth-order valence-corrected chi connectivity index (χ4v) is 5.10. The van der Waals surface area contributed by atoms with Gasteiger partial charge in [-0.3, -0.25) is 10.2 Å². The van der Waals surface area contributed by atoms with Crippen LogP contribution < -0.4 is 10.6 Å². The van der Waals surface area contributed by atoms with E-state index >= 15 is 0 Å². The van der Waals surface area contributed by atoms with Crippen LogP contribution in [0.3, 0.4) is 0 Å². The second-order valence-corrected chi connectivity index (χ2v) is 12.2. The molecule has 2 aliphatic heterocycles. The van der Waals surface area contributed by atoms with Gasteiger partial charge >= 0.3 is 6.03 Å². The van der Waals surface area contributed by atoms with Crippen molar-refractivity contribution in [1.29, 1.82) is 5.41 Å². The lowest BCUT2D eigenvalue weighted by atomic mass is 9.93. The van der Waals surface area contributed by atoms with E-state index in [0.717, 1.165) is 24.5 Å². The maximum Gasteiger partial charge on any atom is 0.323 e. The van der Waals surface area contributed by atoms with Gasteiger partial charge in [-0.05, 0) is 67.7 Å². The second kappa shape index (κ2) is 13.4. The van der Waals surface area contributed by atoms with Gasteiger partial charge in [-0.1, -0.05) is 20.8 Å². The molecule has 3 amide bonds. The van der Waals surface area contributed by atoms with E-state index in [-0.39, 0.29) is 17.2 Å². The largest absolute Gasteiger partial charge is 0.378 e. The van der Waals surface area contributed by atoms with Crippen molar-refractivity contribution in [2.24, 2.45) is 4.99 Å². The normalized spacial score (nSPS) is 16.5. The van der Waals surface area contributed by atoms with Gasteiger partial charge in [-0.25, -0.2) is 9.79 Å². The van der Waals surface area contributed by atoms with E-state index in [1.807, 2.05) is 11.0 Å². The van der Waals surface area contributed by atoms with Crippen LogP contribution in [0.25, 0.3) is 0 Å². The summed E-state index contributed by atoms with van der Waals surface area (Å²) in [5.74, 6) is 0.843. The number of amides is 3. The molecule has 11 heteroatoms. The van der Waals surface area contributed by atoms with Crippen LogP contribution in [0.1, 0.15) is 48.1 Å². The molecule has 0 radical (unpaired) electrons. The average molecular weight is 599 g/mol. The zero-order chi connectivity index (χ0) is 31.3. The maximum absolute atomic E-state index is 12.8. The molecule has 4 N–H and O–H groups in total. The Morgan fingerprint density at radius 1 is 0.795 bits per heavy atom. The molecule has 0 atom stereocenters. The quantitative estimate of drug-likeness (QED) is 0.255. The number of nitrogens with one attached hydrogen (secondary N) is 4. The van der Waals surface area contributed by atoms with Crippen molar-refractivity contribution in [2.45, 2.75) is 26.2 Å². The number of hydrogen-bond acceptors (Lipinski definition) is 5. The summed E-state index contributed by atoms with van der Waals surface area (Å²) >= 11 is 0. The summed E-state index contributed by atoms with van der Waals surface area (Å²) in [7, 11) is 2.05. The SMILES string of the molecule is CN1CCN(C(=O)c2ccc(NC(=O)Nc3ccc(C(=N)N=C(c4ccc(C(C)(C)C)[nH]4)N4CCOCC4)cc3)cc2)CC1. The number of benzene rings is 2. The van der Waals surface area contributed by atoms with Crippen LogP contribution >= 0.6 is 0 Å². The van der Waals surface area contributed by atoms with E-state index in [9.17, 15) is 9.59 Å². The highest BCUT2D eigenvalue weighted by Gasteiger charge is 2.23. The lowest BCUT2D eigenvalue weighted by Gasteiger charge is -2.32. The molecule has 0 saturated carbocycles. The summed E-state index contributed by atoms with van der Waals surface area (Å²) in [4.78, 5) is 39.9. The van der Waals surface area contributed by atoms with Gasteiger partial charge < -0.3 is 35.1 Å². The number of carbonyl (C=O) groups excluding carboxylic acids is 2. The molecule has 2 saturated heterocycles. The van der Waals surface area contributed by atoms with E-state index in [4.69, 9.17) is 15.1 Å². The van der Waals surface area contributed by atoms with Gasteiger partial charge in [0, 0.05) is 72.9 Å². The molecule has 232 valence electrons. The van der Waals surface area contributed by atoms with Crippen LogP contribution in [-0.2, 0) is 10.2 Å². The number of ether oxygens (including phenoxy) is 1. The summed E-state index contributed by atoms with van der Waals surface area (Å²) in [5.41, 5.74) is 4.33. The molecule has 2 aromatic carbocycles. The molecule has 44 heavy (non-hydrogen) atoms. The molecule has 0 unspecified atom stereocenters. The molecule has 2 aliphatic rings. The first-order valence-electron chi connectivity index (χ1n) is 15.0. The Balaban J connectivity index is 1.20. The first-order valence-corrected chi connectivity index (χ1v) is 15.0. The van der Waals surface area contributed by atoms with Crippen molar-refractivity contribution in [1.82, 2.24) is 19.7 Å². The van der Waals surface area contributed by atoms with Gasteiger partial charge in [-0.2, -0.15) is 0 Å². The topological polar surface area (TPSA) is 129 Å². The Labute approximate surface area is 258 Å². The third-order valence-electron chi connectivity index (χ3n) is 7.86. The minimum absolute atomic E-state index is 0.00344. The van der Waals surface area contributed by atoms with Gasteiger partial charge in [0.2, 0.25) is 0 Å². The summed E-state index contributed by atoms with van der Waals surface area (Å²) in [6.07, 6.45) is 0. The fraction of sp³-hybridized carbons (Fsp3) is 0.394. The summed E-state index contributed by atoms with van der Waals surface area (Å²) < 4.78 is 5.54. The molecule has 1 aromatic heterocycles. The summed E-state index contributed by atoms with van der Waals surface area (Å²) in [6, 6.07) is 17.7. The number of nitrogens with zero attached hydrogens (tertiary/aromatic N) is 4. The van der Waals surface area contributed by atoms with Crippen molar-refractivity contribution in [3.63, 3.8) is 0 Å². The molecule has 3 heterocycles. The monoisotopic (exact) mass is 598 g/mol. The number of H-pyrrole nitrogens is 1. The molecule has 3 aromatic rings. The summed E-state index contributed by atoms with van der Waals surface area (Å²) in [5, 5.41) is 14.4. The highest BCUT2D eigenvalue weighted by Crippen LogP contribution is 2.22. The van der Waals surface area contributed by atoms with Gasteiger partial charge in [0.15, 0.2) is 11.7 Å². The first-order chi connectivity index (χ1) is 21.1. The lowest BCUT2D eigenvalue weighted by Crippen LogP contribution is -2.47. The Morgan fingerprint density at radius 2 is 1.36 bits per heavy atom. The second-order valence-electron chi connectivity index (χ2n) is 12.2. The predicted octanol–water partition coefficient (Wildman–Crippen LogP) is 4.45. The number of aromatic amines is 1. The van der Waals surface area contributed by atoms with Crippen LogP contribution in [0.4, 0.5) is 16.2 Å². The third-order valence-corrected chi connectivity index (χ3v) is 7.86. The Morgan fingerprint density at radius 3 is 1.91 bits per heavy atom. The van der Waals surface area contributed by atoms with Crippen molar-refractivity contribution < 1.29 is 14.3 Å². The summed E-state index contributed by atoms with van der Waals surface area (Å²) in [6.45, 7) is 12.2. The number of rotatable bonds is 5. The molecule has 0 aliphatic carbocycles. The highest BCUT2D eigenvalue weighted by atomic mass is 16.5. The van der Waals surface area contributed by atoms with Crippen molar-refractivity contribution in [2.75, 3.05) is 70.2 Å². The third kappa shape index (κ3) is 7.72. The van der Waals surface area contributed by atoms with Gasteiger partial charge in [-0.15, -0.1) is 0 Å². The Kier molecular flexibility index (Phi) is 9.46. The maximum atomic E-state index is 12.8. The van der Waals surface area contributed by atoms with E-state index in [2.05, 4.69) is 59.3 Å². The van der Waals surface area contributed by atoms with Crippen LogP contribution in [0.2, 0.25) is 0 Å². The number of likely N-dealkylation sites (N-methyl/N-ethyl adjacent to an activating group) is 1. The molecule has 2 fully saturated rings. The molecule has 0 spiro atoms. The van der Waals surface area contributed by atoms with Gasteiger partial charge in [0.1, 0.15) is 0 Å². The molecule has 11 nitrogen and oxygen atoms in total. The van der Waals surface area contributed by atoms with E-state index in [1.165, 1.54) is 0 Å². The smallest absolute Gasteiger partial charge is 0.323 e. The highest BCUT2D eigenvalue weighted by molar-refractivity contribution is 6.10. The molecule has 5 rings (SSSR count). The number of amidine groups is 2. The van der Waals surface area contributed by atoms with Crippen molar-refractivity contribution in [3.8, 4) is 0 Å². The number of morpholine rings is 1. The van der Waals surface area contributed by atoms with Crippen LogP contribution in [-0.4, -0.2) is 103 Å². The number of anilines is 2. The molecular weight excluding hydrogens is 556 g/mol. The number of carbonyl (C=O) groups is 2. The number of aromatic nitrogens is 1. The number of piperazine rings is 1. The fourth-order valence-electron chi connectivity index (χ4n) is 5.10. The standard InChI is InChI=1S/C33H42N8O3/c1-33(2,3)28-14-13-27(37-28)30(40-19-21-44-22-20-40)38-29(34)23-5-9-25(10-6-23)35-32(43)36-26-11-7-24(8-12-26)31(42)41-17-15-39(4)16-18-41/h5-14,34,37H,15-22H2,1-4H3,(H2,35,36,43). The average Bonchev–Trinajstić information content (AvgIpc) is 3.52. The minimum atomic E-state index is -0.403. The molecular formula is C33H42N8O3. The van der Waals surface area contributed by atoms with Crippen LogP contribution in [0.15, 0.2) is 65.7 Å². The first kappa shape index (κ1) is 31.0. The predicted molar refractivity (Wildman–Crippen MR) is 174 cm³/mol. The van der Waals surface area contributed by atoms with E-state index in [0.29, 0.717) is 67.7 Å². The zero-order valence-electron chi connectivity index (χ0n) is 25.9. The number of hydrogen-bond donors (Lipinski definition) is 4. The number of aliphatic imine (C=N–C) groups is 1. The van der Waals surface area contributed by atoms with Crippen LogP contribution in [0.5, 0.6) is 0 Å². The van der Waals surface area contributed by atoms with E-state index in [1.54, 1.807) is 48.5 Å². The van der Waals surface area contributed by atoms with Crippen molar-refractivity contribution in [3.05, 3.63) is 83.2 Å². The van der Waals surface area contributed by atoms with Crippen LogP contribution in [0, 0.1) is 5.41 Å². The van der Waals surface area contributed by atoms with E-state index < -0.39 is 6.03 Å². The Bertz CT molecular complexity index is 1490. The van der Waals surface area contributed by atoms with Gasteiger partial charge in [0.25, 0.3) is 5.91 Å². The number of urea groups is 1.